The predicted octanol–water partition coefficient (Wildman–Crippen LogP) is 1.91. The molecule has 0 saturated heterocycles. The molecule has 0 aliphatic rings. The highest BCUT2D eigenvalue weighted by Gasteiger charge is 2.25. The molecule has 0 spiro atoms. The highest BCUT2D eigenvalue weighted by Crippen LogP contribution is 2.26. The highest BCUT2D eigenvalue weighted by molar-refractivity contribution is 5.81. The van der Waals surface area contributed by atoms with Crippen LogP contribution in [-0.4, -0.2) is 36.0 Å². The summed E-state index contributed by atoms with van der Waals surface area (Å²) in [6, 6.07) is 6.65. The number of Topliss-reactive ketones (excluding diaryl/α,β-unsaturated/α-hetero) is 1. The van der Waals surface area contributed by atoms with Gasteiger partial charge in [-0.05, 0) is 39.8 Å². The molecule has 3 heterocycles. The molecular weight excluding hydrogens is 386 g/mol. The minimum atomic E-state index is -0.868. The molecule has 30 heavy (non-hydrogen) atoms. The largest absolute Gasteiger partial charge is 0.497 e. The molecule has 0 aliphatic heterocycles. The lowest BCUT2D eigenvalue weighted by Crippen LogP contribution is -2.42. The number of rotatable bonds is 4. The second-order valence-corrected chi connectivity index (χ2v) is 7.43. The van der Waals surface area contributed by atoms with E-state index in [1.807, 2.05) is 42.7 Å². The van der Waals surface area contributed by atoms with Crippen LogP contribution in [0.1, 0.15) is 31.3 Å². The molecule has 0 N–H and O–H groups in total. The SMILES string of the molecule is COc1cccc(-n2c(C)c(C)n3c4c(=O)n([C@H](C)C(C)=O)c(=O)n(C)c4nc23)c1. The van der Waals surface area contributed by atoms with Gasteiger partial charge >= 0.3 is 5.69 Å². The van der Waals surface area contributed by atoms with Crippen molar-refractivity contribution >= 4 is 22.7 Å². The van der Waals surface area contributed by atoms with Crippen molar-refractivity contribution in [2.45, 2.75) is 33.7 Å². The fourth-order valence-corrected chi connectivity index (χ4v) is 3.80. The van der Waals surface area contributed by atoms with Crippen molar-refractivity contribution in [3.8, 4) is 11.4 Å². The molecule has 0 bridgehead atoms. The third kappa shape index (κ3) is 2.54. The van der Waals surface area contributed by atoms with Gasteiger partial charge in [-0.25, -0.2) is 9.36 Å². The Morgan fingerprint density at radius 1 is 1.17 bits per heavy atom. The number of methoxy groups -OCH3 is 1. The molecule has 0 saturated carbocycles. The van der Waals surface area contributed by atoms with Crippen LogP contribution in [0.15, 0.2) is 33.9 Å². The van der Waals surface area contributed by atoms with Crippen molar-refractivity contribution in [2.75, 3.05) is 7.11 Å². The van der Waals surface area contributed by atoms with Gasteiger partial charge in [-0.1, -0.05) is 6.07 Å². The van der Waals surface area contributed by atoms with E-state index in [0.29, 0.717) is 11.5 Å². The Hall–Kier alpha value is -3.62. The van der Waals surface area contributed by atoms with Gasteiger partial charge in [0.25, 0.3) is 5.56 Å². The first-order valence-corrected chi connectivity index (χ1v) is 9.55. The molecule has 0 amide bonds. The first-order chi connectivity index (χ1) is 14.2. The number of carbonyl (C=O) groups is 1. The molecule has 1 atom stereocenters. The van der Waals surface area contributed by atoms with E-state index < -0.39 is 17.3 Å². The smallest absolute Gasteiger partial charge is 0.333 e. The molecule has 0 radical (unpaired) electrons. The summed E-state index contributed by atoms with van der Waals surface area (Å²) in [5, 5.41) is 0. The average molecular weight is 409 g/mol. The lowest BCUT2D eigenvalue weighted by Gasteiger charge is -2.12. The summed E-state index contributed by atoms with van der Waals surface area (Å²) < 4.78 is 11.3. The maximum atomic E-state index is 13.3. The van der Waals surface area contributed by atoms with E-state index in [4.69, 9.17) is 4.74 Å². The molecule has 156 valence electrons. The molecule has 0 aliphatic carbocycles. The van der Waals surface area contributed by atoms with Crippen molar-refractivity contribution in [2.24, 2.45) is 7.05 Å². The minimum absolute atomic E-state index is 0.266. The molecule has 0 unspecified atom stereocenters. The second-order valence-electron chi connectivity index (χ2n) is 7.43. The van der Waals surface area contributed by atoms with Gasteiger partial charge in [0.15, 0.2) is 16.9 Å². The van der Waals surface area contributed by atoms with Gasteiger partial charge in [0.2, 0.25) is 5.78 Å². The Morgan fingerprint density at radius 2 is 1.87 bits per heavy atom. The molecule has 9 nitrogen and oxygen atoms in total. The number of hydrogen-bond acceptors (Lipinski definition) is 5. The Balaban J connectivity index is 2.18. The van der Waals surface area contributed by atoms with E-state index in [1.54, 1.807) is 25.5 Å². The van der Waals surface area contributed by atoms with E-state index in [2.05, 4.69) is 4.98 Å². The summed E-state index contributed by atoms with van der Waals surface area (Å²) in [5.74, 6) is 0.933. The standard InChI is InChI=1S/C21H23N5O4/c1-11-12(2)25-17-18(23(5)21(29)26(19(17)28)13(3)14(4)27)22-20(25)24(11)15-8-7-9-16(10-15)30-6/h7-10,13H,1-6H3/t13-/m1/s1. The third-order valence-corrected chi connectivity index (χ3v) is 5.75. The van der Waals surface area contributed by atoms with Crippen LogP contribution in [0.5, 0.6) is 5.75 Å². The minimum Gasteiger partial charge on any atom is -0.497 e. The van der Waals surface area contributed by atoms with Gasteiger partial charge in [0, 0.05) is 24.5 Å². The van der Waals surface area contributed by atoms with Gasteiger partial charge in [-0.2, -0.15) is 4.98 Å². The zero-order chi connectivity index (χ0) is 21.9. The van der Waals surface area contributed by atoms with Crippen LogP contribution in [0.2, 0.25) is 0 Å². The lowest BCUT2D eigenvalue weighted by molar-refractivity contribution is -0.119. The number of aromatic nitrogens is 5. The molecule has 4 aromatic rings. The topological polar surface area (TPSA) is 92.5 Å². The number of fused-ring (bicyclic) bond motifs is 3. The zero-order valence-corrected chi connectivity index (χ0v) is 17.8. The molecule has 9 heteroatoms. The molecule has 1 aromatic carbocycles. The second kappa shape index (κ2) is 6.72. The normalized spacial score (nSPS) is 12.6. The predicted molar refractivity (Wildman–Crippen MR) is 113 cm³/mol. The Kier molecular flexibility index (Phi) is 4.41. The Morgan fingerprint density at radius 3 is 2.50 bits per heavy atom. The number of aryl methyl sites for hydroxylation is 2. The van der Waals surface area contributed by atoms with Gasteiger partial charge in [-0.15, -0.1) is 0 Å². The van der Waals surface area contributed by atoms with Crippen molar-refractivity contribution < 1.29 is 9.53 Å². The summed E-state index contributed by atoms with van der Waals surface area (Å²) in [4.78, 5) is 42.7. The number of hydrogen-bond donors (Lipinski definition) is 0. The monoisotopic (exact) mass is 409 g/mol. The maximum absolute atomic E-state index is 13.3. The number of ketones is 1. The number of carbonyl (C=O) groups excluding carboxylic acids is 1. The van der Waals surface area contributed by atoms with Gasteiger partial charge in [-0.3, -0.25) is 23.1 Å². The summed E-state index contributed by atoms with van der Waals surface area (Å²) in [6.45, 7) is 6.74. The highest BCUT2D eigenvalue weighted by atomic mass is 16.5. The van der Waals surface area contributed by atoms with Crippen LogP contribution < -0.4 is 16.0 Å². The van der Waals surface area contributed by atoms with E-state index in [-0.39, 0.29) is 16.9 Å². The Labute approximate surface area is 171 Å². The zero-order valence-electron chi connectivity index (χ0n) is 17.8. The first-order valence-electron chi connectivity index (χ1n) is 9.55. The van der Waals surface area contributed by atoms with E-state index in [1.165, 1.54) is 11.5 Å². The number of ether oxygens (including phenoxy) is 1. The van der Waals surface area contributed by atoms with Gasteiger partial charge in [0.1, 0.15) is 5.75 Å². The molecule has 0 fully saturated rings. The maximum Gasteiger partial charge on any atom is 0.333 e. The third-order valence-electron chi connectivity index (χ3n) is 5.75. The fourth-order valence-electron chi connectivity index (χ4n) is 3.80. The summed E-state index contributed by atoms with van der Waals surface area (Å²) in [5.41, 5.74) is 1.96. The number of benzene rings is 1. The van der Waals surface area contributed by atoms with Crippen molar-refractivity contribution in [3.63, 3.8) is 0 Å². The van der Waals surface area contributed by atoms with E-state index in [0.717, 1.165) is 21.6 Å². The number of imidazole rings is 2. The van der Waals surface area contributed by atoms with Crippen LogP contribution in [0.4, 0.5) is 0 Å². The van der Waals surface area contributed by atoms with Crippen LogP contribution in [0, 0.1) is 13.8 Å². The Bertz CT molecular complexity index is 1450. The molecule has 4 rings (SSSR count). The summed E-state index contributed by atoms with van der Waals surface area (Å²) in [6.07, 6.45) is 0. The van der Waals surface area contributed by atoms with Crippen molar-refractivity contribution in [1.29, 1.82) is 0 Å². The number of nitrogens with zero attached hydrogens (tertiary/aromatic N) is 5. The average Bonchev–Trinajstić information content (AvgIpc) is 3.22. The first kappa shape index (κ1) is 19.7. The molecular formula is C21H23N5O4. The quantitative estimate of drug-likeness (QED) is 0.513. The van der Waals surface area contributed by atoms with Gasteiger partial charge in [0.05, 0.1) is 18.8 Å². The van der Waals surface area contributed by atoms with Crippen LogP contribution in [0.25, 0.3) is 22.6 Å². The van der Waals surface area contributed by atoms with Crippen molar-refractivity contribution in [3.05, 3.63) is 56.5 Å². The van der Waals surface area contributed by atoms with Crippen LogP contribution >= 0.6 is 0 Å². The fraction of sp³-hybridized carbons (Fsp3) is 0.333. The van der Waals surface area contributed by atoms with Crippen molar-refractivity contribution in [1.82, 2.24) is 23.1 Å². The van der Waals surface area contributed by atoms with E-state index in [9.17, 15) is 14.4 Å². The van der Waals surface area contributed by atoms with Crippen LogP contribution in [0.3, 0.4) is 0 Å². The summed E-state index contributed by atoms with van der Waals surface area (Å²) in [7, 11) is 3.15. The lowest BCUT2D eigenvalue weighted by atomic mass is 10.2. The summed E-state index contributed by atoms with van der Waals surface area (Å²) >= 11 is 0. The van der Waals surface area contributed by atoms with Gasteiger partial charge < -0.3 is 4.74 Å². The van der Waals surface area contributed by atoms with Crippen LogP contribution in [-0.2, 0) is 11.8 Å². The van der Waals surface area contributed by atoms with E-state index >= 15 is 0 Å². The molecule has 3 aromatic heterocycles.